The molecule has 4 rings (SSSR count). The van der Waals surface area contributed by atoms with Crippen LogP contribution in [-0.2, 0) is 9.53 Å². The van der Waals surface area contributed by atoms with E-state index in [-0.39, 0.29) is 5.91 Å². The molecule has 0 aliphatic carbocycles. The summed E-state index contributed by atoms with van der Waals surface area (Å²) in [5, 5.41) is 3.57. The minimum Gasteiger partial charge on any atom is -0.378 e. The van der Waals surface area contributed by atoms with Crippen LogP contribution >= 0.6 is 11.6 Å². The lowest BCUT2D eigenvalue weighted by Crippen LogP contribution is -2.49. The van der Waals surface area contributed by atoms with Crippen molar-refractivity contribution in [1.29, 1.82) is 0 Å². The van der Waals surface area contributed by atoms with Gasteiger partial charge in [-0.3, -0.25) is 9.69 Å². The third-order valence-electron chi connectivity index (χ3n) is 5.16. The fourth-order valence-corrected chi connectivity index (χ4v) is 3.67. The summed E-state index contributed by atoms with van der Waals surface area (Å²) in [5.74, 6) is 1.87. The molecule has 1 N–H and O–H groups in total. The number of ether oxygens (including phenoxy) is 1. The van der Waals surface area contributed by atoms with Gasteiger partial charge in [0.15, 0.2) is 0 Å². The van der Waals surface area contributed by atoms with Gasteiger partial charge in [-0.05, 0) is 24.3 Å². The van der Waals surface area contributed by atoms with Crippen molar-refractivity contribution in [2.45, 2.75) is 0 Å². The summed E-state index contributed by atoms with van der Waals surface area (Å²) in [4.78, 5) is 27.8. The Kier molecular flexibility index (Phi) is 6.43. The monoisotopic (exact) mass is 416 g/mol. The van der Waals surface area contributed by atoms with Crippen LogP contribution in [0.2, 0.25) is 5.02 Å². The van der Waals surface area contributed by atoms with Gasteiger partial charge in [0.25, 0.3) is 0 Å². The molecule has 0 radical (unpaired) electrons. The highest BCUT2D eigenvalue weighted by molar-refractivity contribution is 6.30. The molecule has 0 bridgehead atoms. The second-order valence-electron chi connectivity index (χ2n) is 7.15. The molecule has 0 unspecified atom stereocenters. The maximum Gasteiger partial charge on any atom is 0.238 e. The second kappa shape index (κ2) is 9.39. The molecule has 2 saturated heterocycles. The molecule has 29 heavy (non-hydrogen) atoms. The molecule has 1 amide bonds. The molecule has 2 fully saturated rings. The SMILES string of the molecule is O=C(CN1CCN(c2cc(N3CCOCC3)ncn2)CC1)Nc1ccc(Cl)cc1. The van der Waals surface area contributed by atoms with Gasteiger partial charge in [0.2, 0.25) is 5.91 Å². The van der Waals surface area contributed by atoms with E-state index in [1.54, 1.807) is 30.6 Å². The zero-order chi connectivity index (χ0) is 20.1. The zero-order valence-electron chi connectivity index (χ0n) is 16.3. The van der Waals surface area contributed by atoms with Gasteiger partial charge in [-0.15, -0.1) is 0 Å². The molecular weight excluding hydrogens is 392 g/mol. The Balaban J connectivity index is 1.28. The Morgan fingerprint density at radius 1 is 0.966 bits per heavy atom. The van der Waals surface area contributed by atoms with E-state index in [2.05, 4.69) is 30.0 Å². The Hall–Kier alpha value is -2.42. The molecule has 2 aromatic rings. The number of aromatic nitrogens is 2. The van der Waals surface area contributed by atoms with Crippen LogP contribution in [0.4, 0.5) is 17.3 Å². The molecule has 1 aromatic heterocycles. The van der Waals surface area contributed by atoms with Gasteiger partial charge in [0.1, 0.15) is 18.0 Å². The molecule has 0 saturated carbocycles. The first kappa shape index (κ1) is 19.9. The van der Waals surface area contributed by atoms with Crippen LogP contribution in [0.3, 0.4) is 0 Å². The number of hydrogen-bond donors (Lipinski definition) is 1. The number of nitrogens with one attached hydrogen (secondary N) is 1. The number of halogens is 1. The van der Waals surface area contributed by atoms with Crippen molar-refractivity contribution in [3.63, 3.8) is 0 Å². The summed E-state index contributed by atoms with van der Waals surface area (Å²) in [5.41, 5.74) is 0.759. The number of carbonyl (C=O) groups is 1. The van der Waals surface area contributed by atoms with Gasteiger partial charge < -0.3 is 19.9 Å². The van der Waals surface area contributed by atoms with Gasteiger partial charge >= 0.3 is 0 Å². The second-order valence-corrected chi connectivity index (χ2v) is 7.59. The van der Waals surface area contributed by atoms with E-state index in [9.17, 15) is 4.79 Å². The van der Waals surface area contributed by atoms with Crippen molar-refractivity contribution in [2.75, 3.05) is 74.1 Å². The minimum absolute atomic E-state index is 0.0163. The third kappa shape index (κ3) is 5.35. The van der Waals surface area contributed by atoms with Crippen molar-refractivity contribution in [3.05, 3.63) is 41.7 Å². The number of piperazine rings is 1. The van der Waals surface area contributed by atoms with Crippen molar-refractivity contribution in [3.8, 4) is 0 Å². The van der Waals surface area contributed by atoms with Gasteiger partial charge in [-0.1, -0.05) is 11.6 Å². The predicted octanol–water partition coefficient (Wildman–Crippen LogP) is 1.73. The lowest BCUT2D eigenvalue weighted by atomic mass is 10.3. The molecule has 2 aliphatic rings. The summed E-state index contributed by atoms with van der Waals surface area (Å²) in [6, 6.07) is 9.19. The van der Waals surface area contributed by atoms with Gasteiger partial charge in [0, 0.05) is 56.0 Å². The van der Waals surface area contributed by atoms with Crippen LogP contribution in [0.15, 0.2) is 36.7 Å². The quantitative estimate of drug-likeness (QED) is 0.795. The largest absolute Gasteiger partial charge is 0.378 e. The number of anilines is 3. The zero-order valence-corrected chi connectivity index (χ0v) is 17.0. The minimum atomic E-state index is -0.0163. The molecule has 154 valence electrons. The summed E-state index contributed by atoms with van der Waals surface area (Å²) in [6.07, 6.45) is 1.63. The number of benzene rings is 1. The summed E-state index contributed by atoms with van der Waals surface area (Å²) < 4.78 is 5.41. The van der Waals surface area contributed by atoms with Crippen molar-refractivity contribution >= 4 is 34.8 Å². The smallest absolute Gasteiger partial charge is 0.238 e. The van der Waals surface area contributed by atoms with E-state index in [1.165, 1.54) is 0 Å². The fraction of sp³-hybridized carbons (Fsp3) is 0.450. The molecule has 1 aromatic carbocycles. The molecule has 3 heterocycles. The Labute approximate surface area is 175 Å². The van der Waals surface area contributed by atoms with Crippen LogP contribution in [0, 0.1) is 0 Å². The maximum absolute atomic E-state index is 12.3. The topological polar surface area (TPSA) is 73.8 Å². The summed E-state index contributed by atoms with van der Waals surface area (Å²) in [6.45, 7) is 6.82. The van der Waals surface area contributed by atoms with E-state index in [1.807, 2.05) is 6.07 Å². The van der Waals surface area contributed by atoms with E-state index in [4.69, 9.17) is 16.3 Å². The first-order valence-electron chi connectivity index (χ1n) is 9.85. The Morgan fingerprint density at radius 2 is 1.59 bits per heavy atom. The highest BCUT2D eigenvalue weighted by Crippen LogP contribution is 2.20. The van der Waals surface area contributed by atoms with Crippen LogP contribution in [-0.4, -0.2) is 79.8 Å². The number of carbonyl (C=O) groups excluding carboxylic acids is 1. The van der Waals surface area contributed by atoms with E-state index < -0.39 is 0 Å². The van der Waals surface area contributed by atoms with Gasteiger partial charge in [-0.2, -0.15) is 0 Å². The van der Waals surface area contributed by atoms with Gasteiger partial charge in [-0.25, -0.2) is 9.97 Å². The third-order valence-corrected chi connectivity index (χ3v) is 5.42. The lowest BCUT2D eigenvalue weighted by Gasteiger charge is -2.35. The van der Waals surface area contributed by atoms with Crippen LogP contribution in [0.5, 0.6) is 0 Å². The fourth-order valence-electron chi connectivity index (χ4n) is 3.55. The average molecular weight is 417 g/mol. The average Bonchev–Trinajstić information content (AvgIpc) is 2.77. The van der Waals surface area contributed by atoms with Gasteiger partial charge in [0.05, 0.1) is 19.8 Å². The Bertz CT molecular complexity index is 820. The molecule has 8 nitrogen and oxygen atoms in total. The van der Waals surface area contributed by atoms with E-state index >= 15 is 0 Å². The maximum atomic E-state index is 12.3. The highest BCUT2D eigenvalue weighted by Gasteiger charge is 2.21. The predicted molar refractivity (Wildman–Crippen MR) is 114 cm³/mol. The number of amides is 1. The number of morpholine rings is 1. The molecular formula is C20H25ClN6O2. The first-order valence-corrected chi connectivity index (χ1v) is 10.2. The summed E-state index contributed by atoms with van der Waals surface area (Å²) in [7, 11) is 0. The van der Waals surface area contributed by atoms with Crippen LogP contribution in [0.25, 0.3) is 0 Å². The van der Waals surface area contributed by atoms with E-state index in [0.717, 1.165) is 69.8 Å². The number of nitrogens with zero attached hydrogens (tertiary/aromatic N) is 5. The molecule has 9 heteroatoms. The normalized spacial score (nSPS) is 18.0. The standard InChI is InChI=1S/C20H25ClN6O2/c21-16-1-3-17(4-2-16)24-20(28)14-25-5-7-26(8-6-25)18-13-19(23-15-22-18)27-9-11-29-12-10-27/h1-4,13,15H,5-12,14H2,(H,24,28). The van der Waals surface area contributed by atoms with Crippen molar-refractivity contribution in [2.24, 2.45) is 0 Å². The molecule has 2 aliphatic heterocycles. The first-order chi connectivity index (χ1) is 14.2. The number of rotatable bonds is 5. The molecule has 0 spiro atoms. The van der Waals surface area contributed by atoms with Crippen LogP contribution in [0.1, 0.15) is 0 Å². The summed E-state index contributed by atoms with van der Waals surface area (Å²) >= 11 is 5.88. The van der Waals surface area contributed by atoms with Crippen LogP contribution < -0.4 is 15.1 Å². The van der Waals surface area contributed by atoms with Crippen molar-refractivity contribution in [1.82, 2.24) is 14.9 Å². The molecule has 0 atom stereocenters. The Morgan fingerprint density at radius 3 is 2.24 bits per heavy atom. The van der Waals surface area contributed by atoms with Crippen molar-refractivity contribution < 1.29 is 9.53 Å². The van der Waals surface area contributed by atoms with E-state index in [0.29, 0.717) is 11.6 Å². The lowest BCUT2D eigenvalue weighted by molar-refractivity contribution is -0.117. The highest BCUT2D eigenvalue weighted by atomic mass is 35.5. The number of hydrogen-bond acceptors (Lipinski definition) is 7.